The normalized spacial score (nSPS) is 11.1. The summed E-state index contributed by atoms with van der Waals surface area (Å²) in [5, 5.41) is 2.74. The van der Waals surface area contributed by atoms with Crippen LogP contribution >= 0.6 is 0 Å². The maximum absolute atomic E-state index is 13.6. The molecule has 0 atom stereocenters. The Labute approximate surface area is 180 Å². The second-order valence-corrected chi connectivity index (χ2v) is 8.54. The van der Waals surface area contributed by atoms with Gasteiger partial charge in [0.1, 0.15) is 6.54 Å². The first-order valence-electron chi connectivity index (χ1n) is 9.55. The van der Waals surface area contributed by atoms with Crippen LogP contribution in [0.25, 0.3) is 0 Å². The third-order valence-electron chi connectivity index (χ3n) is 4.52. The molecule has 1 heterocycles. The maximum Gasteiger partial charge on any atom is 0.268 e. The summed E-state index contributed by atoms with van der Waals surface area (Å²) in [5.41, 5.74) is 1.43. The van der Waals surface area contributed by atoms with Gasteiger partial charge in [-0.3, -0.25) is 4.79 Å². The molecule has 0 aliphatic rings. The van der Waals surface area contributed by atoms with Crippen molar-refractivity contribution in [1.82, 2.24) is 9.55 Å². The Kier molecular flexibility index (Phi) is 5.81. The molecular formula is C23H20N4O3S. The summed E-state index contributed by atoms with van der Waals surface area (Å²) < 4.78 is 30.2. The van der Waals surface area contributed by atoms with Gasteiger partial charge in [-0.25, -0.2) is 17.7 Å². The number of amides is 1. The van der Waals surface area contributed by atoms with Crippen molar-refractivity contribution in [1.29, 1.82) is 0 Å². The van der Waals surface area contributed by atoms with Gasteiger partial charge in [-0.2, -0.15) is 0 Å². The summed E-state index contributed by atoms with van der Waals surface area (Å²) in [7, 11) is -3.95. The lowest BCUT2D eigenvalue weighted by atomic mass is 10.3. The van der Waals surface area contributed by atoms with E-state index >= 15 is 0 Å². The molecule has 4 aromatic rings. The molecule has 1 amide bonds. The number of hydrogen-bond acceptors (Lipinski definition) is 4. The van der Waals surface area contributed by atoms with Gasteiger partial charge in [0.05, 0.1) is 22.6 Å². The van der Waals surface area contributed by atoms with E-state index < -0.39 is 10.0 Å². The molecule has 0 aliphatic carbocycles. The molecule has 1 aromatic heterocycles. The van der Waals surface area contributed by atoms with Crippen molar-refractivity contribution in [2.24, 2.45) is 0 Å². The van der Waals surface area contributed by atoms with Crippen molar-refractivity contribution >= 4 is 33.0 Å². The fourth-order valence-electron chi connectivity index (χ4n) is 3.14. The molecule has 31 heavy (non-hydrogen) atoms. The minimum absolute atomic E-state index is 0.0700. The van der Waals surface area contributed by atoms with Gasteiger partial charge in [0.15, 0.2) is 0 Å². The zero-order valence-corrected chi connectivity index (χ0v) is 17.3. The molecule has 0 saturated carbocycles. The molecule has 0 saturated heterocycles. The molecule has 4 rings (SSSR count). The Morgan fingerprint density at radius 1 is 0.903 bits per heavy atom. The molecule has 156 valence electrons. The number of carbonyl (C=O) groups excluding carboxylic acids is 1. The fourth-order valence-corrected chi connectivity index (χ4v) is 4.68. The predicted molar refractivity (Wildman–Crippen MR) is 120 cm³/mol. The van der Waals surface area contributed by atoms with Gasteiger partial charge >= 0.3 is 0 Å². The van der Waals surface area contributed by atoms with Crippen LogP contribution in [0.2, 0.25) is 0 Å². The van der Waals surface area contributed by atoms with Crippen LogP contribution < -0.4 is 9.62 Å². The van der Waals surface area contributed by atoms with Crippen molar-refractivity contribution in [3.05, 3.63) is 104 Å². The minimum Gasteiger partial charge on any atom is -0.328 e. The number of anilines is 3. The van der Waals surface area contributed by atoms with E-state index in [0.717, 1.165) is 0 Å². The van der Waals surface area contributed by atoms with Crippen molar-refractivity contribution in [2.45, 2.75) is 11.4 Å². The molecule has 3 aromatic carbocycles. The first kappa shape index (κ1) is 20.4. The summed E-state index contributed by atoms with van der Waals surface area (Å²) in [6.07, 6.45) is 4.80. The Bertz CT molecular complexity index is 1220. The van der Waals surface area contributed by atoms with Crippen molar-refractivity contribution in [3.63, 3.8) is 0 Å². The number of para-hydroxylation sites is 2. The highest BCUT2D eigenvalue weighted by Crippen LogP contribution is 2.32. The number of carbonyl (C=O) groups is 1. The maximum atomic E-state index is 13.6. The molecule has 8 heteroatoms. The van der Waals surface area contributed by atoms with Crippen LogP contribution in [0.3, 0.4) is 0 Å². The van der Waals surface area contributed by atoms with E-state index in [4.69, 9.17) is 0 Å². The van der Waals surface area contributed by atoms with Crippen molar-refractivity contribution in [3.8, 4) is 0 Å². The molecule has 1 N–H and O–H groups in total. The molecule has 0 radical (unpaired) electrons. The summed E-state index contributed by atoms with van der Waals surface area (Å²) in [6.45, 7) is 0.0805. The number of imidazole rings is 1. The first-order chi connectivity index (χ1) is 15.0. The minimum atomic E-state index is -3.95. The van der Waals surface area contributed by atoms with E-state index in [0.29, 0.717) is 17.1 Å². The zero-order valence-electron chi connectivity index (χ0n) is 16.5. The lowest BCUT2D eigenvalue weighted by Gasteiger charge is -2.25. The molecule has 7 nitrogen and oxygen atoms in total. The molecular weight excluding hydrogens is 412 g/mol. The van der Waals surface area contributed by atoms with E-state index in [-0.39, 0.29) is 17.3 Å². The predicted octanol–water partition coefficient (Wildman–Crippen LogP) is 4.05. The smallest absolute Gasteiger partial charge is 0.268 e. The lowest BCUT2D eigenvalue weighted by molar-refractivity contribution is -0.116. The fraction of sp³-hybridized carbons (Fsp3) is 0.0435. The van der Waals surface area contributed by atoms with Crippen LogP contribution in [0.1, 0.15) is 0 Å². The number of aromatic nitrogens is 2. The van der Waals surface area contributed by atoms with Gasteiger partial charge < -0.3 is 9.88 Å². The van der Waals surface area contributed by atoms with E-state index in [1.165, 1.54) is 22.8 Å². The quantitative estimate of drug-likeness (QED) is 0.478. The number of benzene rings is 3. The Morgan fingerprint density at radius 2 is 1.55 bits per heavy atom. The van der Waals surface area contributed by atoms with Gasteiger partial charge in [0, 0.05) is 18.1 Å². The third-order valence-corrected chi connectivity index (χ3v) is 6.27. The van der Waals surface area contributed by atoms with Gasteiger partial charge in [-0.15, -0.1) is 0 Å². The van der Waals surface area contributed by atoms with Crippen LogP contribution in [0, 0.1) is 0 Å². The van der Waals surface area contributed by atoms with Crippen LogP contribution in [-0.4, -0.2) is 23.9 Å². The van der Waals surface area contributed by atoms with Gasteiger partial charge in [0.25, 0.3) is 10.0 Å². The molecule has 0 spiro atoms. The Balaban J connectivity index is 1.66. The number of hydrogen-bond donors (Lipinski definition) is 1. The number of sulfonamides is 1. The van der Waals surface area contributed by atoms with Crippen molar-refractivity contribution in [2.75, 3.05) is 9.62 Å². The first-order valence-corrected chi connectivity index (χ1v) is 11.0. The Hall–Kier alpha value is -3.91. The number of nitrogens with one attached hydrogen (secondary N) is 1. The largest absolute Gasteiger partial charge is 0.328 e. The number of rotatable bonds is 7. The average Bonchev–Trinajstić information content (AvgIpc) is 3.28. The highest BCUT2D eigenvalue weighted by molar-refractivity contribution is 7.93. The third kappa shape index (κ3) is 4.65. The zero-order chi connectivity index (χ0) is 21.7. The second-order valence-electron chi connectivity index (χ2n) is 6.75. The molecule has 0 aliphatic heterocycles. The van der Waals surface area contributed by atoms with Crippen LogP contribution in [0.4, 0.5) is 17.1 Å². The van der Waals surface area contributed by atoms with E-state index in [2.05, 4.69) is 10.3 Å². The molecule has 0 bridgehead atoms. The lowest BCUT2D eigenvalue weighted by Crippen LogP contribution is -2.26. The summed E-state index contributed by atoms with van der Waals surface area (Å²) in [6, 6.07) is 24.0. The van der Waals surface area contributed by atoms with Gasteiger partial charge in [0.2, 0.25) is 5.91 Å². The van der Waals surface area contributed by atoms with Gasteiger partial charge in [-0.05, 0) is 42.5 Å². The summed E-state index contributed by atoms with van der Waals surface area (Å²) >= 11 is 0. The van der Waals surface area contributed by atoms with E-state index in [1.807, 2.05) is 12.1 Å². The van der Waals surface area contributed by atoms with E-state index in [1.54, 1.807) is 77.6 Å². The van der Waals surface area contributed by atoms with E-state index in [9.17, 15) is 13.2 Å². The monoisotopic (exact) mass is 432 g/mol. The van der Waals surface area contributed by atoms with Crippen molar-refractivity contribution < 1.29 is 13.2 Å². The van der Waals surface area contributed by atoms with Gasteiger partial charge in [-0.1, -0.05) is 42.5 Å². The summed E-state index contributed by atoms with van der Waals surface area (Å²) in [5.74, 6) is -0.282. The highest BCUT2D eigenvalue weighted by Gasteiger charge is 2.27. The standard InChI is InChI=1S/C23H20N4O3S/c28-23(17-26-15-14-24-18-26)25-19-8-7-13-22(16-19)31(29,30)27(20-9-3-1-4-10-20)21-11-5-2-6-12-21/h1-16,18H,17H2,(H,25,28). The average molecular weight is 433 g/mol. The second kappa shape index (κ2) is 8.85. The molecule has 0 unspecified atom stereocenters. The SMILES string of the molecule is O=C(Cn1ccnc1)Nc1cccc(S(=O)(=O)N(c2ccccc2)c2ccccc2)c1. The summed E-state index contributed by atoms with van der Waals surface area (Å²) in [4.78, 5) is 16.3. The van der Waals surface area contributed by atoms with Crippen LogP contribution in [0.5, 0.6) is 0 Å². The Morgan fingerprint density at radius 3 is 2.13 bits per heavy atom. The highest BCUT2D eigenvalue weighted by atomic mass is 32.2. The topological polar surface area (TPSA) is 84.3 Å². The van der Waals surface area contributed by atoms with Crippen LogP contribution in [0.15, 0.2) is 109 Å². The number of nitrogens with zero attached hydrogens (tertiary/aromatic N) is 3. The molecule has 0 fully saturated rings. The van der Waals surface area contributed by atoms with Crippen LogP contribution in [-0.2, 0) is 21.4 Å².